The second-order valence-electron chi connectivity index (χ2n) is 7.79. The number of ether oxygens (including phenoxy) is 4. The number of hydrogen-bond donors (Lipinski definition) is 2. The summed E-state index contributed by atoms with van der Waals surface area (Å²) in [5.74, 6) is 0.326. The summed E-state index contributed by atoms with van der Waals surface area (Å²) in [7, 11) is 2.91. The fourth-order valence-electron chi connectivity index (χ4n) is 3.31. The molecule has 0 saturated carbocycles. The Hall–Kier alpha value is -5.04. The molecular weight excluding hydrogens is 493 g/mol. The quantitative estimate of drug-likeness (QED) is 0.212. The predicted molar refractivity (Wildman–Crippen MR) is 140 cm³/mol. The standard InChI is InChI=1S/C28H26FN3O6/c1-18(33)31-22-8-10-24(11-9-22)37-12-13-38-27-25(35-2)15-19(16-26(27)36-3)14-20(17-30)28(34)32-23-6-4-21(29)5-7-23/h4-11,14-16H,12-13H2,1-3H3,(H,31,33)(H,32,34)/b20-14+. The maximum Gasteiger partial charge on any atom is 0.266 e. The van der Waals surface area contributed by atoms with Crippen molar-refractivity contribution < 1.29 is 32.9 Å². The Balaban J connectivity index is 1.68. The zero-order valence-electron chi connectivity index (χ0n) is 21.0. The minimum atomic E-state index is -0.653. The van der Waals surface area contributed by atoms with Crippen molar-refractivity contribution in [3.8, 4) is 29.1 Å². The van der Waals surface area contributed by atoms with Gasteiger partial charge in [-0.25, -0.2) is 4.39 Å². The second kappa shape index (κ2) is 13.3. The molecule has 0 heterocycles. The van der Waals surface area contributed by atoms with Crippen LogP contribution >= 0.6 is 0 Å². The Morgan fingerprint density at radius 2 is 1.45 bits per heavy atom. The number of nitrogens with zero attached hydrogens (tertiary/aromatic N) is 1. The largest absolute Gasteiger partial charge is 0.493 e. The number of nitriles is 1. The van der Waals surface area contributed by atoms with Gasteiger partial charge in [0, 0.05) is 18.3 Å². The molecule has 196 valence electrons. The van der Waals surface area contributed by atoms with Crippen LogP contribution in [0.3, 0.4) is 0 Å². The van der Waals surface area contributed by atoms with E-state index in [0.29, 0.717) is 39.9 Å². The third-order valence-electron chi connectivity index (χ3n) is 5.03. The Bertz CT molecular complexity index is 1320. The van der Waals surface area contributed by atoms with E-state index in [9.17, 15) is 19.2 Å². The van der Waals surface area contributed by atoms with E-state index in [1.54, 1.807) is 36.4 Å². The van der Waals surface area contributed by atoms with Gasteiger partial charge in [-0.15, -0.1) is 0 Å². The first kappa shape index (κ1) is 27.5. The lowest BCUT2D eigenvalue weighted by Gasteiger charge is -2.16. The van der Waals surface area contributed by atoms with E-state index in [2.05, 4.69) is 10.6 Å². The van der Waals surface area contributed by atoms with E-state index < -0.39 is 11.7 Å². The fraction of sp³-hybridized carbons (Fsp3) is 0.179. The summed E-state index contributed by atoms with van der Waals surface area (Å²) in [4.78, 5) is 23.7. The number of rotatable bonds is 11. The number of hydrogen-bond acceptors (Lipinski definition) is 7. The van der Waals surface area contributed by atoms with Crippen LogP contribution in [-0.4, -0.2) is 39.2 Å². The van der Waals surface area contributed by atoms with Crippen LogP contribution in [-0.2, 0) is 9.59 Å². The molecule has 0 saturated heterocycles. The van der Waals surface area contributed by atoms with Crippen LogP contribution in [0.15, 0.2) is 66.2 Å². The lowest BCUT2D eigenvalue weighted by atomic mass is 10.1. The minimum absolute atomic E-state index is 0.159. The van der Waals surface area contributed by atoms with Gasteiger partial charge in [0.15, 0.2) is 11.5 Å². The first-order valence-electron chi connectivity index (χ1n) is 11.4. The lowest BCUT2D eigenvalue weighted by Crippen LogP contribution is -2.13. The molecular formula is C28H26FN3O6. The summed E-state index contributed by atoms with van der Waals surface area (Å²) in [6.45, 7) is 1.82. The molecule has 0 spiro atoms. The predicted octanol–water partition coefficient (Wildman–Crippen LogP) is 4.80. The highest BCUT2D eigenvalue weighted by Gasteiger charge is 2.16. The Morgan fingerprint density at radius 1 is 0.895 bits per heavy atom. The number of carbonyl (C=O) groups is 2. The summed E-state index contributed by atoms with van der Waals surface area (Å²) < 4.78 is 35.5. The molecule has 0 unspecified atom stereocenters. The van der Waals surface area contributed by atoms with E-state index in [0.717, 1.165) is 0 Å². The van der Waals surface area contributed by atoms with Crippen LogP contribution in [0.25, 0.3) is 6.08 Å². The Morgan fingerprint density at radius 3 is 2.00 bits per heavy atom. The molecule has 0 aliphatic rings. The van der Waals surface area contributed by atoms with E-state index in [4.69, 9.17) is 18.9 Å². The van der Waals surface area contributed by atoms with Crippen molar-refractivity contribution >= 4 is 29.3 Å². The number of carbonyl (C=O) groups excluding carboxylic acids is 2. The zero-order chi connectivity index (χ0) is 27.5. The third-order valence-corrected chi connectivity index (χ3v) is 5.03. The Labute approximate surface area is 219 Å². The van der Waals surface area contributed by atoms with Crippen molar-refractivity contribution in [3.63, 3.8) is 0 Å². The molecule has 38 heavy (non-hydrogen) atoms. The van der Waals surface area contributed by atoms with Gasteiger partial charge >= 0.3 is 0 Å². The van der Waals surface area contributed by atoms with Gasteiger partial charge in [-0.1, -0.05) is 0 Å². The number of methoxy groups -OCH3 is 2. The van der Waals surface area contributed by atoms with Gasteiger partial charge < -0.3 is 29.6 Å². The van der Waals surface area contributed by atoms with Crippen molar-refractivity contribution in [2.24, 2.45) is 0 Å². The third kappa shape index (κ3) is 7.73. The first-order valence-corrected chi connectivity index (χ1v) is 11.4. The van der Waals surface area contributed by atoms with Crippen molar-refractivity contribution in [1.29, 1.82) is 5.26 Å². The monoisotopic (exact) mass is 519 g/mol. The molecule has 3 aromatic rings. The normalized spacial score (nSPS) is 10.7. The average Bonchev–Trinajstić information content (AvgIpc) is 2.91. The SMILES string of the molecule is COc1cc(/C=C(\C#N)C(=O)Nc2ccc(F)cc2)cc(OC)c1OCCOc1ccc(NC(C)=O)cc1. The highest BCUT2D eigenvalue weighted by Crippen LogP contribution is 2.39. The number of halogens is 1. The summed E-state index contributed by atoms with van der Waals surface area (Å²) >= 11 is 0. The van der Waals surface area contributed by atoms with E-state index >= 15 is 0 Å². The van der Waals surface area contributed by atoms with Gasteiger partial charge in [-0.05, 0) is 72.3 Å². The first-order chi connectivity index (χ1) is 18.3. The molecule has 0 atom stereocenters. The number of nitrogens with one attached hydrogen (secondary N) is 2. The Kier molecular flexibility index (Phi) is 9.65. The summed E-state index contributed by atoms with van der Waals surface area (Å²) in [5.41, 5.74) is 1.30. The highest BCUT2D eigenvalue weighted by molar-refractivity contribution is 6.09. The van der Waals surface area contributed by atoms with E-state index in [1.165, 1.54) is 51.5 Å². The number of anilines is 2. The van der Waals surface area contributed by atoms with Crippen molar-refractivity contribution in [2.75, 3.05) is 38.1 Å². The molecule has 0 aliphatic heterocycles. The molecule has 2 amide bonds. The summed E-state index contributed by atoms with van der Waals surface area (Å²) in [6, 6.07) is 17.2. The molecule has 3 rings (SSSR count). The maximum atomic E-state index is 13.1. The van der Waals surface area contributed by atoms with Gasteiger partial charge in [0.1, 0.15) is 36.4 Å². The number of benzene rings is 3. The van der Waals surface area contributed by atoms with E-state index in [1.807, 2.05) is 6.07 Å². The van der Waals surface area contributed by atoms with Crippen LogP contribution in [0, 0.1) is 17.1 Å². The molecule has 0 bridgehead atoms. The van der Waals surface area contributed by atoms with Gasteiger partial charge in [0.05, 0.1) is 14.2 Å². The van der Waals surface area contributed by atoms with Gasteiger partial charge in [0.25, 0.3) is 5.91 Å². The molecule has 0 aromatic heterocycles. The van der Waals surface area contributed by atoms with Gasteiger partial charge in [-0.3, -0.25) is 9.59 Å². The molecule has 10 heteroatoms. The van der Waals surface area contributed by atoms with Crippen LogP contribution < -0.4 is 29.6 Å². The molecule has 9 nitrogen and oxygen atoms in total. The van der Waals surface area contributed by atoms with Crippen molar-refractivity contribution in [1.82, 2.24) is 0 Å². The summed E-state index contributed by atoms with van der Waals surface area (Å²) in [6.07, 6.45) is 1.38. The van der Waals surface area contributed by atoms with Crippen LogP contribution in [0.2, 0.25) is 0 Å². The minimum Gasteiger partial charge on any atom is -0.493 e. The molecule has 0 aliphatic carbocycles. The van der Waals surface area contributed by atoms with Gasteiger partial charge in [-0.2, -0.15) is 5.26 Å². The van der Waals surface area contributed by atoms with Crippen molar-refractivity contribution in [2.45, 2.75) is 6.92 Å². The number of amides is 2. The smallest absolute Gasteiger partial charge is 0.266 e. The second-order valence-corrected chi connectivity index (χ2v) is 7.79. The van der Waals surface area contributed by atoms with Crippen molar-refractivity contribution in [3.05, 3.63) is 77.6 Å². The molecule has 0 radical (unpaired) electrons. The fourth-order valence-corrected chi connectivity index (χ4v) is 3.31. The lowest BCUT2D eigenvalue weighted by molar-refractivity contribution is -0.114. The molecule has 2 N–H and O–H groups in total. The van der Waals surface area contributed by atoms with Gasteiger partial charge in [0.2, 0.25) is 11.7 Å². The van der Waals surface area contributed by atoms with Crippen LogP contribution in [0.4, 0.5) is 15.8 Å². The van der Waals surface area contributed by atoms with Crippen LogP contribution in [0.5, 0.6) is 23.0 Å². The summed E-state index contributed by atoms with van der Waals surface area (Å²) in [5, 5.41) is 14.8. The molecule has 0 fully saturated rings. The topological polar surface area (TPSA) is 119 Å². The average molecular weight is 520 g/mol. The molecule has 3 aromatic carbocycles. The van der Waals surface area contributed by atoms with E-state index in [-0.39, 0.29) is 24.7 Å². The van der Waals surface area contributed by atoms with Crippen LogP contribution in [0.1, 0.15) is 12.5 Å². The zero-order valence-corrected chi connectivity index (χ0v) is 21.0. The maximum absolute atomic E-state index is 13.1. The highest BCUT2D eigenvalue weighted by atomic mass is 19.1.